The highest BCUT2D eigenvalue weighted by atomic mass is 16.6. The van der Waals surface area contributed by atoms with E-state index in [4.69, 9.17) is 0 Å². The smallest absolute Gasteiger partial charge is 0.269 e. The molecule has 9 nitrogen and oxygen atoms in total. The minimum absolute atomic E-state index is 0.0890. The van der Waals surface area contributed by atoms with Crippen LogP contribution in [0.3, 0.4) is 0 Å². The lowest BCUT2D eigenvalue weighted by Crippen LogP contribution is -2.48. The van der Waals surface area contributed by atoms with Gasteiger partial charge in [-0.2, -0.15) is 0 Å². The van der Waals surface area contributed by atoms with Crippen LogP contribution >= 0.6 is 0 Å². The Morgan fingerprint density at radius 1 is 1.08 bits per heavy atom. The Hall–Kier alpha value is -3.59. The Labute approximate surface area is 147 Å². The van der Waals surface area contributed by atoms with Crippen LogP contribution in [-0.2, 0) is 9.59 Å². The van der Waals surface area contributed by atoms with E-state index in [0.717, 1.165) is 4.90 Å². The first-order valence-electron chi connectivity index (χ1n) is 7.69. The first-order valence-corrected chi connectivity index (χ1v) is 7.69. The highest BCUT2D eigenvalue weighted by Gasteiger charge is 2.39. The topological polar surface area (TPSA) is 122 Å². The van der Waals surface area contributed by atoms with E-state index in [1.807, 2.05) is 0 Å². The average molecular weight is 354 g/mol. The molecule has 2 aromatic rings. The van der Waals surface area contributed by atoms with E-state index >= 15 is 0 Å². The second-order valence-electron chi connectivity index (χ2n) is 5.56. The van der Waals surface area contributed by atoms with Gasteiger partial charge in [-0.15, -0.1) is 0 Å². The summed E-state index contributed by atoms with van der Waals surface area (Å²) in [5.74, 6) is -1.41. The van der Waals surface area contributed by atoms with Crippen LogP contribution in [0.15, 0.2) is 54.6 Å². The van der Waals surface area contributed by atoms with Crippen molar-refractivity contribution in [3.63, 3.8) is 0 Å². The number of nitro benzene ring substituents is 1. The van der Waals surface area contributed by atoms with E-state index in [9.17, 15) is 24.5 Å². The number of carbonyl (C=O) groups excluding carboxylic acids is 3. The lowest BCUT2D eigenvalue weighted by Gasteiger charge is -2.15. The van der Waals surface area contributed by atoms with Gasteiger partial charge in [0.15, 0.2) is 0 Å². The maximum Gasteiger partial charge on any atom is 0.269 e. The first kappa shape index (κ1) is 17.2. The molecule has 0 aromatic heterocycles. The molecule has 0 bridgehead atoms. The van der Waals surface area contributed by atoms with Crippen LogP contribution in [0.2, 0.25) is 0 Å². The SMILES string of the molecule is O=C(NN[C@H]1CC(=O)N(c2ccccc2)C1=O)c1ccc([N+](=O)[O-])cc1. The number of benzene rings is 2. The van der Waals surface area contributed by atoms with Crippen molar-refractivity contribution in [2.45, 2.75) is 12.5 Å². The second kappa shape index (κ2) is 7.11. The molecule has 26 heavy (non-hydrogen) atoms. The summed E-state index contributed by atoms with van der Waals surface area (Å²) < 4.78 is 0. The van der Waals surface area contributed by atoms with Crippen LogP contribution in [-0.4, -0.2) is 28.7 Å². The summed E-state index contributed by atoms with van der Waals surface area (Å²) >= 11 is 0. The van der Waals surface area contributed by atoms with Crippen molar-refractivity contribution in [3.8, 4) is 0 Å². The number of carbonyl (C=O) groups is 3. The molecule has 0 aliphatic carbocycles. The molecule has 3 rings (SSSR count). The highest BCUT2D eigenvalue weighted by molar-refractivity contribution is 6.22. The van der Waals surface area contributed by atoms with Crippen LogP contribution in [0.5, 0.6) is 0 Å². The Kier molecular flexibility index (Phi) is 4.72. The molecule has 0 saturated carbocycles. The summed E-state index contributed by atoms with van der Waals surface area (Å²) in [5, 5.41) is 10.6. The molecule has 0 radical (unpaired) electrons. The van der Waals surface area contributed by atoms with Crippen molar-refractivity contribution in [1.29, 1.82) is 0 Å². The molecule has 9 heteroatoms. The Morgan fingerprint density at radius 3 is 2.35 bits per heavy atom. The number of imide groups is 1. The minimum Gasteiger partial charge on any atom is -0.287 e. The number of para-hydroxylation sites is 1. The van der Waals surface area contributed by atoms with Gasteiger partial charge in [-0.05, 0) is 24.3 Å². The third-order valence-corrected chi connectivity index (χ3v) is 3.86. The molecule has 1 saturated heterocycles. The molecule has 1 aliphatic rings. The van der Waals surface area contributed by atoms with Gasteiger partial charge in [0.25, 0.3) is 17.5 Å². The number of amides is 3. The van der Waals surface area contributed by atoms with Crippen LogP contribution in [0, 0.1) is 10.1 Å². The minimum atomic E-state index is -0.885. The number of anilines is 1. The third-order valence-electron chi connectivity index (χ3n) is 3.86. The largest absolute Gasteiger partial charge is 0.287 e. The third kappa shape index (κ3) is 3.42. The van der Waals surface area contributed by atoms with Gasteiger partial charge in [-0.3, -0.25) is 29.9 Å². The predicted molar refractivity (Wildman–Crippen MR) is 91.0 cm³/mol. The lowest BCUT2D eigenvalue weighted by molar-refractivity contribution is -0.384. The quantitative estimate of drug-likeness (QED) is 0.472. The fourth-order valence-electron chi connectivity index (χ4n) is 2.55. The van der Waals surface area contributed by atoms with Crippen molar-refractivity contribution >= 4 is 29.1 Å². The van der Waals surface area contributed by atoms with E-state index in [-0.39, 0.29) is 23.6 Å². The summed E-state index contributed by atoms with van der Waals surface area (Å²) in [6.07, 6.45) is -0.0890. The van der Waals surface area contributed by atoms with Crippen LogP contribution in [0.4, 0.5) is 11.4 Å². The molecule has 3 amide bonds. The fourth-order valence-corrected chi connectivity index (χ4v) is 2.55. The van der Waals surface area contributed by atoms with E-state index in [0.29, 0.717) is 5.69 Å². The number of hydrogen-bond donors (Lipinski definition) is 2. The number of hydrazine groups is 1. The number of rotatable bonds is 5. The molecular formula is C17H14N4O5. The molecular weight excluding hydrogens is 340 g/mol. The zero-order valence-electron chi connectivity index (χ0n) is 13.4. The molecule has 2 N–H and O–H groups in total. The van der Waals surface area contributed by atoms with E-state index < -0.39 is 22.8 Å². The Morgan fingerprint density at radius 2 is 1.73 bits per heavy atom. The number of nitro groups is 1. The normalized spacial score (nSPS) is 16.6. The summed E-state index contributed by atoms with van der Waals surface area (Å²) in [7, 11) is 0. The van der Waals surface area contributed by atoms with Crippen molar-refractivity contribution in [2.75, 3.05) is 4.90 Å². The molecule has 1 fully saturated rings. The Bertz CT molecular complexity index is 866. The number of nitrogens with zero attached hydrogens (tertiary/aromatic N) is 2. The van der Waals surface area contributed by atoms with Gasteiger partial charge in [0.05, 0.1) is 17.0 Å². The number of hydrogen-bond acceptors (Lipinski definition) is 6. The van der Waals surface area contributed by atoms with Crippen molar-refractivity contribution in [3.05, 3.63) is 70.3 Å². The van der Waals surface area contributed by atoms with Gasteiger partial charge in [0.2, 0.25) is 5.91 Å². The molecule has 1 atom stereocenters. The summed E-state index contributed by atoms with van der Waals surface area (Å²) in [4.78, 5) is 47.7. The second-order valence-corrected chi connectivity index (χ2v) is 5.56. The standard InChI is InChI=1S/C17H14N4O5/c22-15-10-14(17(24)20(15)12-4-2-1-3-5-12)18-19-16(23)11-6-8-13(9-7-11)21(25)26/h1-9,14,18H,10H2,(H,19,23)/t14-/m0/s1. The number of non-ortho nitro benzene ring substituents is 1. The maximum atomic E-state index is 12.4. The van der Waals surface area contributed by atoms with E-state index in [1.165, 1.54) is 24.3 Å². The summed E-state index contributed by atoms with van der Waals surface area (Å²) in [6.45, 7) is 0. The van der Waals surface area contributed by atoms with Crippen LogP contribution in [0.1, 0.15) is 16.8 Å². The maximum absolute atomic E-state index is 12.4. The van der Waals surface area contributed by atoms with Crippen molar-refractivity contribution in [1.82, 2.24) is 10.9 Å². The van der Waals surface area contributed by atoms with E-state index in [1.54, 1.807) is 30.3 Å². The summed E-state index contributed by atoms with van der Waals surface area (Å²) in [5.41, 5.74) is 5.42. The van der Waals surface area contributed by atoms with E-state index in [2.05, 4.69) is 10.9 Å². The molecule has 132 valence electrons. The van der Waals surface area contributed by atoms with Gasteiger partial charge < -0.3 is 0 Å². The zero-order chi connectivity index (χ0) is 18.7. The van der Waals surface area contributed by atoms with Crippen molar-refractivity contribution < 1.29 is 19.3 Å². The molecule has 0 spiro atoms. The highest BCUT2D eigenvalue weighted by Crippen LogP contribution is 2.22. The van der Waals surface area contributed by atoms with Gasteiger partial charge in [0.1, 0.15) is 6.04 Å². The predicted octanol–water partition coefficient (Wildman–Crippen LogP) is 1.16. The van der Waals surface area contributed by atoms with Gasteiger partial charge >= 0.3 is 0 Å². The van der Waals surface area contributed by atoms with Crippen LogP contribution in [0.25, 0.3) is 0 Å². The first-order chi connectivity index (χ1) is 12.5. The van der Waals surface area contributed by atoms with Crippen molar-refractivity contribution in [2.24, 2.45) is 0 Å². The average Bonchev–Trinajstić information content (AvgIpc) is 2.94. The Balaban J connectivity index is 1.63. The molecule has 0 unspecified atom stereocenters. The fraction of sp³-hybridized carbons (Fsp3) is 0.118. The van der Waals surface area contributed by atoms with Gasteiger partial charge in [0, 0.05) is 17.7 Å². The van der Waals surface area contributed by atoms with Gasteiger partial charge in [-0.1, -0.05) is 18.2 Å². The zero-order valence-corrected chi connectivity index (χ0v) is 13.4. The van der Waals surface area contributed by atoms with Gasteiger partial charge in [-0.25, -0.2) is 10.3 Å². The number of nitrogens with one attached hydrogen (secondary N) is 2. The summed E-state index contributed by atoms with van der Waals surface area (Å²) in [6, 6.07) is 12.6. The lowest BCUT2D eigenvalue weighted by atomic mass is 10.2. The molecule has 1 aliphatic heterocycles. The van der Waals surface area contributed by atoms with Crippen LogP contribution < -0.4 is 15.8 Å². The molecule has 1 heterocycles. The monoisotopic (exact) mass is 354 g/mol. The molecule has 2 aromatic carbocycles.